The number of hydrogen-bond donors (Lipinski definition) is 0. The molecule has 1 aromatic carbocycles. The zero-order chi connectivity index (χ0) is 9.52. The Hall–Kier alpha value is -1.84. The van der Waals surface area contributed by atoms with Gasteiger partial charge in [0.15, 0.2) is 0 Å². The number of nitroso groups, excluding NO2 is 2. The highest BCUT2D eigenvalue weighted by atomic mass is 16.3. The number of rotatable bonds is 4. The number of nitrogens with zero attached hydrogens (tertiary/aromatic N) is 2. The van der Waals surface area contributed by atoms with Crippen LogP contribution in [-0.4, -0.2) is 6.54 Å². The molecule has 0 saturated carbocycles. The summed E-state index contributed by atoms with van der Waals surface area (Å²) in [5, 5.41) is 5.44. The van der Waals surface area contributed by atoms with E-state index in [-0.39, 0.29) is 6.54 Å². The van der Waals surface area contributed by atoms with E-state index in [0.717, 1.165) is 5.56 Å². The van der Waals surface area contributed by atoms with Crippen LogP contribution in [-0.2, 0) is 0 Å². The molecule has 0 aliphatic heterocycles. The second kappa shape index (κ2) is 4.92. The highest BCUT2D eigenvalue weighted by Gasteiger charge is 1.89. The molecule has 0 heterocycles. The molecule has 0 aliphatic carbocycles. The van der Waals surface area contributed by atoms with E-state index in [1.165, 1.54) is 0 Å². The second-order valence-corrected chi connectivity index (χ2v) is 2.40. The van der Waals surface area contributed by atoms with Crippen molar-refractivity contribution in [2.45, 2.75) is 0 Å². The van der Waals surface area contributed by atoms with Crippen LogP contribution in [0.5, 0.6) is 0 Å². The highest BCUT2D eigenvalue weighted by Crippen LogP contribution is 2.12. The monoisotopic (exact) mass is 176 g/mol. The lowest BCUT2D eigenvalue weighted by atomic mass is 10.2. The van der Waals surface area contributed by atoms with Crippen molar-refractivity contribution in [2.24, 2.45) is 10.4 Å². The Morgan fingerprint density at radius 1 is 1.15 bits per heavy atom. The van der Waals surface area contributed by atoms with Gasteiger partial charge in [-0.15, -0.1) is 4.91 Å². The minimum absolute atomic E-state index is 0.160. The van der Waals surface area contributed by atoms with E-state index in [0.29, 0.717) is 5.69 Å². The van der Waals surface area contributed by atoms with Crippen LogP contribution < -0.4 is 0 Å². The fraction of sp³-hybridized carbons (Fsp3) is 0.111. The van der Waals surface area contributed by atoms with Crippen LogP contribution >= 0.6 is 0 Å². The van der Waals surface area contributed by atoms with Gasteiger partial charge in [0.2, 0.25) is 0 Å². The van der Waals surface area contributed by atoms with Gasteiger partial charge in [-0.3, -0.25) is 0 Å². The maximum atomic E-state index is 10.1. The van der Waals surface area contributed by atoms with Crippen LogP contribution in [0.25, 0.3) is 6.08 Å². The van der Waals surface area contributed by atoms with E-state index >= 15 is 0 Å². The molecule has 0 bridgehead atoms. The van der Waals surface area contributed by atoms with Crippen molar-refractivity contribution in [2.75, 3.05) is 6.54 Å². The van der Waals surface area contributed by atoms with Gasteiger partial charge < -0.3 is 0 Å². The first-order chi connectivity index (χ1) is 6.36. The van der Waals surface area contributed by atoms with E-state index in [2.05, 4.69) is 10.4 Å². The van der Waals surface area contributed by atoms with Crippen molar-refractivity contribution < 1.29 is 0 Å². The van der Waals surface area contributed by atoms with Crippen molar-refractivity contribution >= 4 is 11.8 Å². The first-order valence-corrected chi connectivity index (χ1v) is 3.76. The molecule has 0 aromatic heterocycles. The Labute approximate surface area is 75.2 Å². The molecular weight excluding hydrogens is 168 g/mol. The molecule has 0 atom stereocenters. The van der Waals surface area contributed by atoms with E-state index in [4.69, 9.17) is 0 Å². The van der Waals surface area contributed by atoms with Gasteiger partial charge in [0.05, 0.1) is 6.54 Å². The summed E-state index contributed by atoms with van der Waals surface area (Å²) in [6.45, 7) is 0.160. The summed E-state index contributed by atoms with van der Waals surface area (Å²) >= 11 is 0. The van der Waals surface area contributed by atoms with Crippen molar-refractivity contribution in [3.05, 3.63) is 45.7 Å². The van der Waals surface area contributed by atoms with E-state index in [1.54, 1.807) is 36.4 Å². The summed E-state index contributed by atoms with van der Waals surface area (Å²) in [5.41, 5.74) is 1.31. The molecule has 0 N–H and O–H groups in total. The van der Waals surface area contributed by atoms with Crippen LogP contribution in [0.1, 0.15) is 5.56 Å². The summed E-state index contributed by atoms with van der Waals surface area (Å²) in [6.07, 6.45) is 3.41. The van der Waals surface area contributed by atoms with Crippen LogP contribution in [0.15, 0.2) is 40.7 Å². The van der Waals surface area contributed by atoms with E-state index < -0.39 is 0 Å². The molecule has 0 amide bonds. The topological polar surface area (TPSA) is 58.9 Å². The normalized spacial score (nSPS) is 10.2. The van der Waals surface area contributed by atoms with Gasteiger partial charge in [-0.1, -0.05) is 29.5 Å². The maximum Gasteiger partial charge on any atom is 0.108 e. The zero-order valence-electron chi connectivity index (χ0n) is 6.88. The van der Waals surface area contributed by atoms with Crippen molar-refractivity contribution in [1.29, 1.82) is 0 Å². The van der Waals surface area contributed by atoms with Gasteiger partial charge in [0.1, 0.15) is 5.69 Å². The predicted molar refractivity (Wildman–Crippen MR) is 51.6 cm³/mol. The molecule has 0 aliphatic rings. The SMILES string of the molecule is O=NC/C=C/c1ccc(N=O)cc1. The Kier molecular flexibility index (Phi) is 3.50. The van der Waals surface area contributed by atoms with Crippen LogP contribution in [0.3, 0.4) is 0 Å². The predicted octanol–water partition coefficient (Wildman–Crippen LogP) is 2.86. The zero-order valence-corrected chi connectivity index (χ0v) is 6.88. The molecule has 0 saturated heterocycles. The fourth-order valence-electron chi connectivity index (χ4n) is 0.878. The Balaban J connectivity index is 2.68. The fourth-order valence-corrected chi connectivity index (χ4v) is 0.878. The molecule has 0 unspecified atom stereocenters. The summed E-state index contributed by atoms with van der Waals surface area (Å²) in [6, 6.07) is 6.72. The Bertz CT molecular complexity index is 317. The van der Waals surface area contributed by atoms with Gasteiger partial charge in [-0.05, 0) is 22.9 Å². The third-order valence-electron chi connectivity index (χ3n) is 1.49. The van der Waals surface area contributed by atoms with Gasteiger partial charge in [-0.2, -0.15) is 4.91 Å². The van der Waals surface area contributed by atoms with Crippen LogP contribution in [0.4, 0.5) is 5.69 Å². The van der Waals surface area contributed by atoms with Gasteiger partial charge >= 0.3 is 0 Å². The molecule has 4 heteroatoms. The van der Waals surface area contributed by atoms with E-state index in [9.17, 15) is 9.81 Å². The average molecular weight is 176 g/mol. The summed E-state index contributed by atoms with van der Waals surface area (Å²) < 4.78 is 0. The summed E-state index contributed by atoms with van der Waals surface area (Å²) in [4.78, 5) is 19.8. The molecule has 1 rings (SSSR count). The quantitative estimate of drug-likeness (QED) is 0.662. The lowest BCUT2D eigenvalue weighted by molar-refractivity contribution is 1.23. The van der Waals surface area contributed by atoms with Crippen LogP contribution in [0.2, 0.25) is 0 Å². The van der Waals surface area contributed by atoms with Crippen molar-refractivity contribution in [1.82, 2.24) is 0 Å². The van der Waals surface area contributed by atoms with Gasteiger partial charge in [-0.25, -0.2) is 0 Å². The Morgan fingerprint density at radius 2 is 1.85 bits per heavy atom. The molecular formula is C9H8N2O2. The Morgan fingerprint density at radius 3 is 2.38 bits per heavy atom. The highest BCUT2D eigenvalue weighted by molar-refractivity contribution is 5.53. The number of hydrogen-bond acceptors (Lipinski definition) is 4. The van der Waals surface area contributed by atoms with Crippen molar-refractivity contribution in [3.8, 4) is 0 Å². The first kappa shape index (κ1) is 9.25. The molecule has 1 aromatic rings. The first-order valence-electron chi connectivity index (χ1n) is 3.76. The van der Waals surface area contributed by atoms with Crippen molar-refractivity contribution in [3.63, 3.8) is 0 Å². The lowest BCUT2D eigenvalue weighted by Gasteiger charge is -1.91. The largest absolute Gasteiger partial charge is 0.150 e. The smallest absolute Gasteiger partial charge is 0.108 e. The third-order valence-corrected chi connectivity index (χ3v) is 1.49. The molecule has 66 valence electrons. The molecule has 13 heavy (non-hydrogen) atoms. The third kappa shape index (κ3) is 2.94. The summed E-state index contributed by atoms with van der Waals surface area (Å²) in [5.74, 6) is 0. The second-order valence-electron chi connectivity index (χ2n) is 2.40. The average Bonchev–Trinajstić information content (AvgIpc) is 2.19. The van der Waals surface area contributed by atoms with E-state index in [1.807, 2.05) is 0 Å². The molecule has 0 fully saturated rings. The van der Waals surface area contributed by atoms with Crippen LogP contribution in [0, 0.1) is 9.81 Å². The minimum Gasteiger partial charge on any atom is -0.150 e. The number of benzene rings is 1. The van der Waals surface area contributed by atoms with Gasteiger partial charge in [0, 0.05) is 0 Å². The van der Waals surface area contributed by atoms with Gasteiger partial charge in [0.25, 0.3) is 0 Å². The maximum absolute atomic E-state index is 10.1. The molecule has 0 radical (unpaired) electrons. The summed E-state index contributed by atoms with van der Waals surface area (Å²) in [7, 11) is 0. The minimum atomic E-state index is 0.160. The molecule has 4 nitrogen and oxygen atoms in total. The lowest BCUT2D eigenvalue weighted by Crippen LogP contribution is -1.72. The molecule has 0 spiro atoms. The standard InChI is InChI=1S/C9H8N2O2/c12-10-7-1-2-8-3-5-9(11-13)6-4-8/h1-6H,7H2/b2-1+.